The summed E-state index contributed by atoms with van der Waals surface area (Å²) in [4.78, 5) is 26.0. The van der Waals surface area contributed by atoms with Gasteiger partial charge in [-0.15, -0.1) is 0 Å². The van der Waals surface area contributed by atoms with E-state index in [0.29, 0.717) is 5.56 Å². The van der Waals surface area contributed by atoms with Crippen molar-refractivity contribution in [3.63, 3.8) is 0 Å². The first-order valence-corrected chi connectivity index (χ1v) is 10.0. The molecule has 0 heterocycles. The van der Waals surface area contributed by atoms with Crippen molar-refractivity contribution in [2.24, 2.45) is 0 Å². The molecule has 0 saturated heterocycles. The summed E-state index contributed by atoms with van der Waals surface area (Å²) >= 11 is 0. The number of hydrogen-bond donors (Lipinski definition) is 0. The highest BCUT2D eigenvalue weighted by atomic mass is 16.5. The van der Waals surface area contributed by atoms with Gasteiger partial charge in [-0.3, -0.25) is 0 Å². The van der Waals surface area contributed by atoms with E-state index in [1.807, 2.05) is 66.7 Å². The molecule has 0 atom stereocenters. The highest BCUT2D eigenvalue weighted by Gasteiger charge is 2.27. The summed E-state index contributed by atoms with van der Waals surface area (Å²) in [6, 6.07) is 23.4. The first-order valence-electron chi connectivity index (χ1n) is 10.0. The highest BCUT2D eigenvalue weighted by Crippen LogP contribution is 2.39. The summed E-state index contributed by atoms with van der Waals surface area (Å²) in [5.74, 6) is -1.07. The number of rotatable bonds is 5. The second-order valence-corrected chi connectivity index (χ2v) is 6.86. The summed E-state index contributed by atoms with van der Waals surface area (Å²) in [6.45, 7) is 3.93. The standard InChI is InChI=1S/C26H22O4/c1-3-29-25(27)22-16-18-11-6-8-14-20(18)23(24(22)26(28)30-4-2)21-15-9-12-17-10-5-7-13-19(17)21/h5-16H,3-4H2,1-2H3. The van der Waals surface area contributed by atoms with Gasteiger partial charge in [0.1, 0.15) is 0 Å². The summed E-state index contributed by atoms with van der Waals surface area (Å²) in [5.41, 5.74) is 2.02. The van der Waals surface area contributed by atoms with E-state index >= 15 is 0 Å². The third-order valence-electron chi connectivity index (χ3n) is 5.08. The molecule has 0 radical (unpaired) electrons. The van der Waals surface area contributed by atoms with E-state index in [9.17, 15) is 9.59 Å². The van der Waals surface area contributed by atoms with Crippen LogP contribution in [0.4, 0.5) is 0 Å². The average Bonchev–Trinajstić information content (AvgIpc) is 2.77. The maximum absolute atomic E-state index is 13.1. The van der Waals surface area contributed by atoms with Crippen LogP contribution >= 0.6 is 0 Å². The van der Waals surface area contributed by atoms with E-state index in [0.717, 1.165) is 27.1 Å². The van der Waals surface area contributed by atoms with Crippen LogP contribution in [0.25, 0.3) is 32.7 Å². The van der Waals surface area contributed by atoms with Crippen molar-refractivity contribution < 1.29 is 19.1 Å². The van der Waals surface area contributed by atoms with Crippen LogP contribution in [-0.4, -0.2) is 25.2 Å². The Balaban J connectivity index is 2.17. The van der Waals surface area contributed by atoms with Crippen molar-refractivity contribution in [3.05, 3.63) is 83.9 Å². The Morgan fingerprint density at radius 2 is 1.30 bits per heavy atom. The fraction of sp³-hybridized carbons (Fsp3) is 0.154. The number of fused-ring (bicyclic) bond motifs is 2. The summed E-state index contributed by atoms with van der Waals surface area (Å²) < 4.78 is 10.7. The van der Waals surface area contributed by atoms with E-state index in [-0.39, 0.29) is 24.3 Å². The van der Waals surface area contributed by atoms with Crippen LogP contribution in [-0.2, 0) is 9.47 Å². The van der Waals surface area contributed by atoms with Gasteiger partial charge in [-0.05, 0) is 47.0 Å². The van der Waals surface area contributed by atoms with Gasteiger partial charge in [-0.2, -0.15) is 0 Å². The van der Waals surface area contributed by atoms with Crippen LogP contribution in [0.1, 0.15) is 34.6 Å². The molecular formula is C26H22O4. The van der Waals surface area contributed by atoms with Crippen LogP contribution in [0, 0.1) is 0 Å². The lowest BCUT2D eigenvalue weighted by atomic mass is 9.87. The molecule has 4 heteroatoms. The van der Waals surface area contributed by atoms with Gasteiger partial charge < -0.3 is 9.47 Å². The van der Waals surface area contributed by atoms with Gasteiger partial charge in [0.2, 0.25) is 0 Å². The normalized spacial score (nSPS) is 10.9. The molecule has 4 nitrogen and oxygen atoms in total. The predicted octanol–water partition coefficient (Wildman–Crippen LogP) is 6.01. The van der Waals surface area contributed by atoms with Crippen LogP contribution in [0.5, 0.6) is 0 Å². The molecule has 0 aliphatic carbocycles. The zero-order chi connectivity index (χ0) is 21.1. The van der Waals surface area contributed by atoms with E-state index < -0.39 is 11.9 Å². The number of carbonyl (C=O) groups is 2. The lowest BCUT2D eigenvalue weighted by Crippen LogP contribution is -2.16. The Morgan fingerprint density at radius 1 is 0.700 bits per heavy atom. The van der Waals surface area contributed by atoms with Crippen LogP contribution in [0.3, 0.4) is 0 Å². The zero-order valence-corrected chi connectivity index (χ0v) is 17.0. The maximum atomic E-state index is 13.1. The van der Waals surface area contributed by atoms with Crippen molar-refractivity contribution in [1.29, 1.82) is 0 Å². The average molecular weight is 398 g/mol. The molecule has 0 fully saturated rings. The first-order chi connectivity index (χ1) is 14.7. The molecule has 150 valence electrons. The Hall–Kier alpha value is -3.66. The van der Waals surface area contributed by atoms with E-state index in [1.54, 1.807) is 19.9 Å². The van der Waals surface area contributed by atoms with Gasteiger partial charge >= 0.3 is 11.9 Å². The molecular weight excluding hydrogens is 376 g/mol. The molecule has 0 unspecified atom stereocenters. The topological polar surface area (TPSA) is 52.6 Å². The third-order valence-corrected chi connectivity index (χ3v) is 5.08. The Morgan fingerprint density at radius 3 is 2.03 bits per heavy atom. The molecule has 4 aromatic rings. The fourth-order valence-electron chi connectivity index (χ4n) is 3.86. The van der Waals surface area contributed by atoms with Gasteiger partial charge in [0, 0.05) is 5.56 Å². The molecule has 0 bridgehead atoms. The molecule has 0 saturated carbocycles. The lowest BCUT2D eigenvalue weighted by molar-refractivity contribution is 0.0480. The predicted molar refractivity (Wildman–Crippen MR) is 119 cm³/mol. The maximum Gasteiger partial charge on any atom is 0.339 e. The van der Waals surface area contributed by atoms with Gasteiger partial charge in [-0.25, -0.2) is 9.59 Å². The molecule has 4 rings (SSSR count). The molecule has 30 heavy (non-hydrogen) atoms. The minimum atomic E-state index is -0.534. The summed E-state index contributed by atoms with van der Waals surface area (Å²) in [5, 5.41) is 3.79. The van der Waals surface area contributed by atoms with E-state index in [1.165, 1.54) is 0 Å². The number of ether oxygens (including phenoxy) is 2. The molecule has 0 aliphatic rings. The van der Waals surface area contributed by atoms with Crippen LogP contribution in [0.2, 0.25) is 0 Å². The van der Waals surface area contributed by atoms with Crippen LogP contribution < -0.4 is 0 Å². The number of hydrogen-bond acceptors (Lipinski definition) is 4. The Labute approximate surface area is 175 Å². The van der Waals surface area contributed by atoms with E-state index in [2.05, 4.69) is 0 Å². The second kappa shape index (κ2) is 8.37. The van der Waals surface area contributed by atoms with Crippen molar-refractivity contribution in [3.8, 4) is 11.1 Å². The highest BCUT2D eigenvalue weighted by molar-refractivity contribution is 6.18. The van der Waals surface area contributed by atoms with Crippen molar-refractivity contribution in [2.45, 2.75) is 13.8 Å². The Kier molecular flexibility index (Phi) is 5.48. The zero-order valence-electron chi connectivity index (χ0n) is 17.0. The smallest absolute Gasteiger partial charge is 0.339 e. The number of carbonyl (C=O) groups excluding carboxylic acids is 2. The van der Waals surface area contributed by atoms with Gasteiger partial charge in [-0.1, -0.05) is 66.7 Å². The second-order valence-electron chi connectivity index (χ2n) is 6.86. The molecule has 0 aliphatic heterocycles. The molecule has 4 aromatic carbocycles. The minimum Gasteiger partial charge on any atom is -0.462 e. The van der Waals surface area contributed by atoms with Gasteiger partial charge in [0.15, 0.2) is 0 Å². The fourth-order valence-corrected chi connectivity index (χ4v) is 3.86. The summed E-state index contributed by atoms with van der Waals surface area (Å²) in [6.07, 6.45) is 0. The molecule has 0 aromatic heterocycles. The van der Waals surface area contributed by atoms with Gasteiger partial charge in [0.25, 0.3) is 0 Å². The molecule has 0 amide bonds. The van der Waals surface area contributed by atoms with Crippen molar-refractivity contribution in [2.75, 3.05) is 13.2 Å². The van der Waals surface area contributed by atoms with Gasteiger partial charge in [0.05, 0.1) is 24.3 Å². The van der Waals surface area contributed by atoms with Crippen molar-refractivity contribution in [1.82, 2.24) is 0 Å². The Bertz CT molecular complexity index is 1250. The lowest BCUT2D eigenvalue weighted by Gasteiger charge is -2.18. The minimum absolute atomic E-state index is 0.211. The largest absolute Gasteiger partial charge is 0.462 e. The quantitative estimate of drug-likeness (QED) is 0.386. The van der Waals surface area contributed by atoms with Crippen molar-refractivity contribution >= 4 is 33.5 Å². The first kappa shape index (κ1) is 19.6. The molecule has 0 spiro atoms. The van der Waals surface area contributed by atoms with Crippen LogP contribution in [0.15, 0.2) is 72.8 Å². The van der Waals surface area contributed by atoms with E-state index in [4.69, 9.17) is 9.47 Å². The monoisotopic (exact) mass is 398 g/mol. The number of benzene rings is 4. The third kappa shape index (κ3) is 3.41. The molecule has 0 N–H and O–H groups in total. The SMILES string of the molecule is CCOC(=O)c1cc2ccccc2c(-c2cccc3ccccc23)c1C(=O)OCC. The summed E-state index contributed by atoms with van der Waals surface area (Å²) in [7, 11) is 0. The number of esters is 2.